The van der Waals surface area contributed by atoms with Crippen LogP contribution in [0.4, 0.5) is 13.2 Å². The molecule has 0 amide bonds. The second-order valence-corrected chi connectivity index (χ2v) is 7.04. The Bertz CT molecular complexity index is 1160. The molecule has 8 nitrogen and oxygen atoms in total. The summed E-state index contributed by atoms with van der Waals surface area (Å²) in [5.41, 5.74) is 4.17. The van der Waals surface area contributed by atoms with Gasteiger partial charge in [0, 0.05) is 5.56 Å². The third-order valence-electron chi connectivity index (χ3n) is 4.57. The van der Waals surface area contributed by atoms with Gasteiger partial charge in [-0.2, -0.15) is 5.10 Å². The van der Waals surface area contributed by atoms with Crippen molar-refractivity contribution in [3.8, 4) is 11.5 Å². The Hall–Kier alpha value is -3.86. The van der Waals surface area contributed by atoms with Gasteiger partial charge in [0.25, 0.3) is 0 Å². The van der Waals surface area contributed by atoms with E-state index in [1.54, 1.807) is 10.8 Å². The molecule has 0 saturated heterocycles. The van der Waals surface area contributed by atoms with Gasteiger partial charge in [-0.3, -0.25) is 0 Å². The van der Waals surface area contributed by atoms with Crippen molar-refractivity contribution < 1.29 is 27.5 Å². The highest BCUT2D eigenvalue weighted by atomic mass is 19.4. The van der Waals surface area contributed by atoms with E-state index in [0.29, 0.717) is 36.2 Å². The Kier molecular flexibility index (Phi) is 6.31. The molecule has 0 saturated carbocycles. The van der Waals surface area contributed by atoms with Crippen molar-refractivity contribution >= 4 is 5.84 Å². The number of ether oxygens (including phenoxy) is 2. The van der Waals surface area contributed by atoms with Gasteiger partial charge in [0.15, 0.2) is 5.84 Å². The third kappa shape index (κ3) is 5.69. The van der Waals surface area contributed by atoms with E-state index in [4.69, 9.17) is 9.57 Å². The van der Waals surface area contributed by atoms with Crippen LogP contribution in [0, 0.1) is 6.92 Å². The highest BCUT2D eigenvalue weighted by Gasteiger charge is 2.31. The van der Waals surface area contributed by atoms with Crippen molar-refractivity contribution in [1.82, 2.24) is 20.2 Å². The van der Waals surface area contributed by atoms with Gasteiger partial charge < -0.3 is 9.47 Å². The quantitative estimate of drug-likeness (QED) is 0.512. The average molecular weight is 459 g/mol. The number of amidine groups is 1. The molecule has 2 aromatic carbocycles. The normalized spacial score (nSPS) is 15.6. The standard InChI is InChI=1S/C22H20F3N5O3/c1-3-11-31-18-6-4-5-15(12-18)13-30-14(2)26-20(28-30)21-27-19(29-33-21)16-7-9-17(10-8-16)32-22(23,24)25/h3-10,12,21H,1,11,13H2,2H3,(H,27,29). The molecule has 4 rings (SSSR count). The molecule has 1 atom stereocenters. The van der Waals surface area contributed by atoms with E-state index in [1.807, 2.05) is 31.2 Å². The summed E-state index contributed by atoms with van der Waals surface area (Å²) in [7, 11) is 0. The Morgan fingerprint density at radius 2 is 1.97 bits per heavy atom. The van der Waals surface area contributed by atoms with Crippen LogP contribution in [0.3, 0.4) is 0 Å². The molecule has 1 aromatic heterocycles. The summed E-state index contributed by atoms with van der Waals surface area (Å²) in [6.07, 6.45) is -3.87. The van der Waals surface area contributed by atoms with Crippen molar-refractivity contribution in [1.29, 1.82) is 0 Å². The summed E-state index contributed by atoms with van der Waals surface area (Å²) >= 11 is 0. The number of aryl methyl sites for hydroxylation is 1. The van der Waals surface area contributed by atoms with E-state index in [9.17, 15) is 13.2 Å². The molecular weight excluding hydrogens is 439 g/mol. The van der Waals surface area contributed by atoms with Gasteiger partial charge in [0.1, 0.15) is 23.9 Å². The summed E-state index contributed by atoms with van der Waals surface area (Å²) in [6, 6.07) is 12.9. The van der Waals surface area contributed by atoms with Gasteiger partial charge in [-0.05, 0) is 48.9 Å². The van der Waals surface area contributed by atoms with Crippen molar-refractivity contribution in [2.24, 2.45) is 4.99 Å². The van der Waals surface area contributed by atoms with Crippen LogP contribution in [0.25, 0.3) is 0 Å². The first kappa shape index (κ1) is 22.3. The molecule has 0 bridgehead atoms. The number of hydrogen-bond donors (Lipinski definition) is 1. The average Bonchev–Trinajstić information content (AvgIpc) is 3.39. The zero-order chi connectivity index (χ0) is 23.4. The number of nitrogens with zero attached hydrogens (tertiary/aromatic N) is 4. The molecule has 33 heavy (non-hydrogen) atoms. The van der Waals surface area contributed by atoms with Crippen LogP contribution in [-0.4, -0.2) is 33.6 Å². The van der Waals surface area contributed by atoms with E-state index >= 15 is 0 Å². The molecule has 1 aliphatic heterocycles. The maximum absolute atomic E-state index is 12.3. The minimum atomic E-state index is -4.75. The number of benzene rings is 2. The number of rotatable bonds is 8. The fourth-order valence-electron chi connectivity index (χ4n) is 3.10. The lowest BCUT2D eigenvalue weighted by Crippen LogP contribution is -2.19. The van der Waals surface area contributed by atoms with Crippen LogP contribution in [0.15, 0.2) is 66.2 Å². The summed E-state index contributed by atoms with van der Waals surface area (Å²) in [5.74, 6) is 1.78. The minimum absolute atomic E-state index is 0.322. The Morgan fingerprint density at radius 1 is 1.18 bits per heavy atom. The molecule has 1 aliphatic rings. The predicted molar refractivity (Wildman–Crippen MR) is 113 cm³/mol. The van der Waals surface area contributed by atoms with E-state index in [1.165, 1.54) is 24.3 Å². The zero-order valence-electron chi connectivity index (χ0n) is 17.5. The van der Waals surface area contributed by atoms with Crippen molar-refractivity contribution in [3.63, 3.8) is 0 Å². The number of hydrogen-bond acceptors (Lipinski definition) is 7. The summed E-state index contributed by atoms with van der Waals surface area (Å²) < 4.78 is 48.1. The van der Waals surface area contributed by atoms with Crippen LogP contribution >= 0.6 is 0 Å². The Morgan fingerprint density at radius 3 is 2.70 bits per heavy atom. The molecular formula is C22H20F3N5O3. The SMILES string of the molecule is C=CCOc1cccc(Cn2nc(C3N=C(c4ccc(OC(F)(F)F)cc4)NO3)nc2C)c1. The maximum atomic E-state index is 12.3. The first-order valence-corrected chi connectivity index (χ1v) is 9.90. The first-order chi connectivity index (χ1) is 15.8. The molecule has 172 valence electrons. The van der Waals surface area contributed by atoms with E-state index < -0.39 is 12.6 Å². The Labute approximate surface area is 187 Å². The fourth-order valence-corrected chi connectivity index (χ4v) is 3.10. The second kappa shape index (κ2) is 9.33. The second-order valence-electron chi connectivity index (χ2n) is 7.04. The van der Waals surface area contributed by atoms with Crippen molar-refractivity contribution in [2.45, 2.75) is 26.1 Å². The van der Waals surface area contributed by atoms with E-state index in [-0.39, 0.29) is 5.75 Å². The van der Waals surface area contributed by atoms with Crippen LogP contribution in [0.2, 0.25) is 0 Å². The van der Waals surface area contributed by atoms with Crippen LogP contribution in [-0.2, 0) is 11.4 Å². The first-order valence-electron chi connectivity index (χ1n) is 9.90. The third-order valence-corrected chi connectivity index (χ3v) is 4.57. The number of halogens is 3. The zero-order valence-corrected chi connectivity index (χ0v) is 17.5. The van der Waals surface area contributed by atoms with Crippen molar-refractivity contribution in [3.05, 3.63) is 84.0 Å². The number of alkyl halides is 3. The summed E-state index contributed by atoms with van der Waals surface area (Å²) in [4.78, 5) is 14.3. The van der Waals surface area contributed by atoms with Gasteiger partial charge in [0.2, 0.25) is 12.1 Å². The highest BCUT2D eigenvalue weighted by Crippen LogP contribution is 2.25. The van der Waals surface area contributed by atoms with Gasteiger partial charge in [-0.25, -0.2) is 25.0 Å². The monoisotopic (exact) mass is 459 g/mol. The van der Waals surface area contributed by atoms with Gasteiger partial charge in [-0.15, -0.1) is 13.2 Å². The van der Waals surface area contributed by atoms with Crippen LogP contribution in [0.1, 0.15) is 29.0 Å². The lowest BCUT2D eigenvalue weighted by Gasteiger charge is -2.09. The van der Waals surface area contributed by atoms with Crippen LogP contribution in [0.5, 0.6) is 11.5 Å². The molecule has 0 fully saturated rings. The fraction of sp³-hybridized carbons (Fsp3) is 0.227. The van der Waals surface area contributed by atoms with E-state index in [0.717, 1.165) is 11.3 Å². The predicted octanol–water partition coefficient (Wildman–Crippen LogP) is 4.08. The van der Waals surface area contributed by atoms with E-state index in [2.05, 4.69) is 31.9 Å². The smallest absolute Gasteiger partial charge is 0.490 e. The largest absolute Gasteiger partial charge is 0.573 e. The maximum Gasteiger partial charge on any atom is 0.573 e. The molecule has 3 aromatic rings. The molecule has 0 radical (unpaired) electrons. The summed E-state index contributed by atoms with van der Waals surface area (Å²) in [5, 5.41) is 4.49. The highest BCUT2D eigenvalue weighted by molar-refractivity contribution is 5.98. The molecule has 0 spiro atoms. The lowest BCUT2D eigenvalue weighted by molar-refractivity contribution is -0.274. The minimum Gasteiger partial charge on any atom is -0.490 e. The number of nitrogens with one attached hydrogen (secondary N) is 1. The van der Waals surface area contributed by atoms with Crippen LogP contribution < -0.4 is 15.0 Å². The lowest BCUT2D eigenvalue weighted by atomic mass is 10.2. The van der Waals surface area contributed by atoms with Gasteiger partial charge >= 0.3 is 6.36 Å². The molecule has 11 heteroatoms. The number of aliphatic imine (C=N–C) groups is 1. The topological polar surface area (TPSA) is 82.8 Å². The Balaban J connectivity index is 1.45. The molecule has 0 aliphatic carbocycles. The number of aromatic nitrogens is 3. The molecule has 2 heterocycles. The van der Waals surface area contributed by atoms with Crippen molar-refractivity contribution in [2.75, 3.05) is 6.61 Å². The van der Waals surface area contributed by atoms with Gasteiger partial charge in [-0.1, -0.05) is 24.8 Å². The van der Waals surface area contributed by atoms with Gasteiger partial charge in [0.05, 0.1) is 6.54 Å². The summed E-state index contributed by atoms with van der Waals surface area (Å²) in [6.45, 7) is 6.35. The molecule has 1 unspecified atom stereocenters. The number of hydroxylamine groups is 1. The molecule has 1 N–H and O–H groups in total.